The molecule has 3 nitrogen and oxygen atoms in total. The molecule has 1 aliphatic carbocycles. The zero-order valence-electron chi connectivity index (χ0n) is 16.7. The Morgan fingerprint density at radius 1 is 0.767 bits per heavy atom. The minimum Gasteiger partial charge on any atom is -0.210 e. The van der Waals surface area contributed by atoms with Crippen molar-refractivity contribution in [1.82, 2.24) is 4.72 Å². The summed E-state index contributed by atoms with van der Waals surface area (Å²) < 4.78 is 29.1. The van der Waals surface area contributed by atoms with Gasteiger partial charge in [0, 0.05) is 12.0 Å². The van der Waals surface area contributed by atoms with E-state index in [-0.39, 0.29) is 17.4 Å². The van der Waals surface area contributed by atoms with E-state index in [4.69, 9.17) is 0 Å². The Balaban J connectivity index is 1.82. The minimum absolute atomic E-state index is 0.116. The van der Waals surface area contributed by atoms with Crippen LogP contribution in [0.15, 0.2) is 120 Å². The van der Waals surface area contributed by atoms with E-state index in [1.165, 1.54) is 0 Å². The molecule has 0 aromatic heterocycles. The van der Waals surface area contributed by atoms with Gasteiger partial charge in [-0.2, -0.15) is 0 Å². The Hall–Kier alpha value is -2.95. The third kappa shape index (κ3) is 4.02. The summed E-state index contributed by atoms with van der Waals surface area (Å²) in [4.78, 5) is 0.277. The second-order valence-electron chi connectivity index (χ2n) is 7.50. The molecule has 0 fully saturated rings. The Bertz CT molecular complexity index is 1080. The molecule has 3 aromatic carbocycles. The smallest absolute Gasteiger partial charge is 0.210 e. The number of rotatable bonds is 7. The van der Waals surface area contributed by atoms with Gasteiger partial charge in [-0.15, -0.1) is 0 Å². The molecule has 4 heteroatoms. The molecule has 0 saturated carbocycles. The molecule has 0 heterocycles. The zero-order chi connectivity index (χ0) is 20.9. The third-order valence-electron chi connectivity index (χ3n) is 5.79. The fourth-order valence-electron chi connectivity index (χ4n) is 4.24. The second-order valence-corrected chi connectivity index (χ2v) is 9.26. The van der Waals surface area contributed by atoms with Gasteiger partial charge in [0.15, 0.2) is 0 Å². The number of sulfonamides is 1. The predicted octanol–water partition coefficient (Wildman–Crippen LogP) is 5.08. The molecule has 0 spiro atoms. The Kier molecular flexibility index (Phi) is 5.98. The van der Waals surface area contributed by atoms with E-state index in [1.807, 2.05) is 48.5 Å². The highest BCUT2D eigenvalue weighted by Crippen LogP contribution is 2.42. The number of benzene rings is 3. The number of hydrogen-bond donors (Lipinski definition) is 1. The number of nitrogens with one attached hydrogen (secondary N) is 1. The Morgan fingerprint density at radius 3 is 1.80 bits per heavy atom. The molecule has 0 bridgehead atoms. The maximum Gasteiger partial charge on any atom is 0.240 e. The lowest BCUT2D eigenvalue weighted by Gasteiger charge is -2.41. The van der Waals surface area contributed by atoms with Crippen LogP contribution in [0.3, 0.4) is 0 Å². The maximum atomic E-state index is 13.1. The monoisotopic (exact) mass is 415 g/mol. The van der Waals surface area contributed by atoms with Crippen molar-refractivity contribution in [2.75, 3.05) is 6.54 Å². The van der Waals surface area contributed by atoms with Gasteiger partial charge in [0.25, 0.3) is 0 Å². The van der Waals surface area contributed by atoms with Crippen molar-refractivity contribution in [1.29, 1.82) is 0 Å². The van der Waals surface area contributed by atoms with Crippen LogP contribution in [0.5, 0.6) is 0 Å². The van der Waals surface area contributed by atoms with Crippen molar-refractivity contribution in [3.63, 3.8) is 0 Å². The summed E-state index contributed by atoms with van der Waals surface area (Å²) in [5.41, 5.74) is 1.65. The molecule has 152 valence electrons. The van der Waals surface area contributed by atoms with Crippen molar-refractivity contribution in [3.05, 3.63) is 126 Å². The van der Waals surface area contributed by atoms with Crippen LogP contribution >= 0.6 is 0 Å². The Labute approximate surface area is 178 Å². The standard InChI is InChI=1S/C26H25NO2S/c28-30(29,25-19-11-4-12-20-25)27-21-26(22-13-5-1-6-14-22,23-15-7-2-8-16-23)24-17-9-3-10-18-24/h1-17,19-20,24,27H,18,21H2. The average molecular weight is 416 g/mol. The topological polar surface area (TPSA) is 46.2 Å². The van der Waals surface area contributed by atoms with Gasteiger partial charge in [0.1, 0.15) is 0 Å². The normalized spacial score (nSPS) is 16.5. The molecule has 0 aliphatic heterocycles. The lowest BCUT2D eigenvalue weighted by atomic mass is 9.64. The van der Waals surface area contributed by atoms with Gasteiger partial charge in [0.05, 0.1) is 4.90 Å². The van der Waals surface area contributed by atoms with Crippen LogP contribution in [0.4, 0.5) is 0 Å². The molecular formula is C26H25NO2S. The second kappa shape index (κ2) is 8.82. The summed E-state index contributed by atoms with van der Waals surface area (Å²) >= 11 is 0. The molecule has 0 radical (unpaired) electrons. The fraction of sp³-hybridized carbons (Fsp3) is 0.154. The van der Waals surface area contributed by atoms with Crippen LogP contribution in [0.25, 0.3) is 0 Å². The van der Waals surface area contributed by atoms with Crippen LogP contribution in [0, 0.1) is 5.92 Å². The minimum atomic E-state index is -3.64. The zero-order valence-corrected chi connectivity index (χ0v) is 17.5. The highest BCUT2D eigenvalue weighted by atomic mass is 32.2. The van der Waals surface area contributed by atoms with E-state index in [0.29, 0.717) is 0 Å². The van der Waals surface area contributed by atoms with Gasteiger partial charge in [-0.25, -0.2) is 13.1 Å². The van der Waals surface area contributed by atoms with Crippen LogP contribution in [0.2, 0.25) is 0 Å². The van der Waals surface area contributed by atoms with Gasteiger partial charge < -0.3 is 0 Å². The summed E-state index contributed by atoms with van der Waals surface area (Å²) in [5, 5.41) is 0. The van der Waals surface area contributed by atoms with Gasteiger partial charge >= 0.3 is 0 Å². The Morgan fingerprint density at radius 2 is 1.30 bits per heavy atom. The van der Waals surface area contributed by atoms with E-state index in [9.17, 15) is 8.42 Å². The molecule has 1 atom stereocenters. The van der Waals surface area contributed by atoms with E-state index >= 15 is 0 Å². The van der Waals surface area contributed by atoms with E-state index in [1.54, 1.807) is 24.3 Å². The summed E-state index contributed by atoms with van der Waals surface area (Å²) in [6, 6.07) is 29.0. The molecule has 1 unspecified atom stereocenters. The molecule has 0 amide bonds. The number of allylic oxidation sites excluding steroid dienone is 4. The van der Waals surface area contributed by atoms with Gasteiger partial charge in [-0.1, -0.05) is 103 Å². The molecule has 3 aromatic rings. The highest BCUT2D eigenvalue weighted by molar-refractivity contribution is 7.89. The van der Waals surface area contributed by atoms with E-state index < -0.39 is 15.4 Å². The van der Waals surface area contributed by atoms with Crippen molar-refractivity contribution < 1.29 is 8.42 Å². The summed E-state index contributed by atoms with van der Waals surface area (Å²) in [7, 11) is -3.64. The van der Waals surface area contributed by atoms with Crippen molar-refractivity contribution in [3.8, 4) is 0 Å². The molecule has 1 aliphatic rings. The third-order valence-corrected chi connectivity index (χ3v) is 7.20. The lowest BCUT2D eigenvalue weighted by molar-refractivity contribution is 0.376. The molecule has 4 rings (SSSR count). The quantitative estimate of drug-likeness (QED) is 0.585. The van der Waals surface area contributed by atoms with E-state index in [2.05, 4.69) is 47.2 Å². The molecule has 1 N–H and O–H groups in total. The summed E-state index contributed by atoms with van der Waals surface area (Å²) in [6.07, 6.45) is 9.28. The van der Waals surface area contributed by atoms with Crippen LogP contribution in [-0.2, 0) is 15.4 Å². The van der Waals surface area contributed by atoms with Crippen LogP contribution in [0.1, 0.15) is 17.5 Å². The maximum absolute atomic E-state index is 13.1. The van der Waals surface area contributed by atoms with Gasteiger partial charge in [-0.05, 0) is 35.6 Å². The van der Waals surface area contributed by atoms with Gasteiger partial charge in [-0.3, -0.25) is 0 Å². The summed E-state index contributed by atoms with van der Waals surface area (Å²) in [5.74, 6) is 0.116. The van der Waals surface area contributed by atoms with Crippen molar-refractivity contribution in [2.45, 2.75) is 16.7 Å². The SMILES string of the molecule is O=S(=O)(NCC(c1ccccc1)(c1ccccc1)C1C=CC=CC1)c1ccccc1. The summed E-state index contributed by atoms with van der Waals surface area (Å²) in [6.45, 7) is 0.265. The van der Waals surface area contributed by atoms with Crippen molar-refractivity contribution in [2.24, 2.45) is 5.92 Å². The van der Waals surface area contributed by atoms with Gasteiger partial charge in [0.2, 0.25) is 10.0 Å². The van der Waals surface area contributed by atoms with Crippen LogP contribution in [-0.4, -0.2) is 15.0 Å². The van der Waals surface area contributed by atoms with Crippen molar-refractivity contribution >= 4 is 10.0 Å². The fourth-order valence-corrected chi connectivity index (χ4v) is 5.34. The first-order valence-corrected chi connectivity index (χ1v) is 11.6. The molecular weight excluding hydrogens is 390 g/mol. The van der Waals surface area contributed by atoms with Crippen LogP contribution < -0.4 is 4.72 Å². The number of hydrogen-bond acceptors (Lipinski definition) is 2. The highest BCUT2D eigenvalue weighted by Gasteiger charge is 2.41. The predicted molar refractivity (Wildman–Crippen MR) is 122 cm³/mol. The van der Waals surface area contributed by atoms with E-state index in [0.717, 1.165) is 17.5 Å². The average Bonchev–Trinajstić information content (AvgIpc) is 2.82. The molecule has 0 saturated heterocycles. The first-order chi connectivity index (χ1) is 14.6. The molecule has 30 heavy (non-hydrogen) atoms. The largest absolute Gasteiger partial charge is 0.240 e. The first-order valence-electron chi connectivity index (χ1n) is 10.1. The first kappa shape index (κ1) is 20.3. The lowest BCUT2D eigenvalue weighted by Crippen LogP contribution is -2.46.